The average Bonchev–Trinajstić information content (AvgIpc) is 2.02. The van der Waals surface area contributed by atoms with Crippen molar-refractivity contribution < 1.29 is 9.53 Å². The molecule has 2 aliphatic heterocycles. The monoisotopic (exact) mass is 163 g/mol. The molecule has 0 saturated heterocycles. The van der Waals surface area contributed by atoms with Crippen molar-refractivity contribution in [3.63, 3.8) is 0 Å². The first kappa shape index (κ1) is 7.16. The fraction of sp³-hybridized carbons (Fsp3) is 0.222. The van der Waals surface area contributed by atoms with Crippen molar-refractivity contribution in [2.75, 3.05) is 5.32 Å². The maximum atomic E-state index is 10.9. The topological polar surface area (TPSA) is 38.3 Å². The number of fused-ring (bicyclic) bond motifs is 5. The van der Waals surface area contributed by atoms with Crippen LogP contribution in [-0.4, -0.2) is 6.09 Å². The number of hydrogen-bond acceptors (Lipinski definition) is 2. The summed E-state index contributed by atoms with van der Waals surface area (Å²) in [5, 5.41) is 2.64. The fourth-order valence-electron chi connectivity index (χ4n) is 1.25. The summed E-state index contributed by atoms with van der Waals surface area (Å²) in [6.07, 6.45) is -0.376. The van der Waals surface area contributed by atoms with Crippen LogP contribution < -0.4 is 5.32 Å². The summed E-state index contributed by atoms with van der Waals surface area (Å²) in [6.45, 7) is 2.32. The first-order valence-electron chi connectivity index (χ1n) is 3.79. The van der Waals surface area contributed by atoms with E-state index < -0.39 is 0 Å². The first-order valence-corrected chi connectivity index (χ1v) is 3.79. The zero-order valence-electron chi connectivity index (χ0n) is 6.76. The molecule has 12 heavy (non-hydrogen) atoms. The molecule has 3 nitrogen and oxygen atoms in total. The third-order valence-electron chi connectivity index (χ3n) is 1.90. The lowest BCUT2D eigenvalue weighted by Crippen LogP contribution is -2.16. The van der Waals surface area contributed by atoms with E-state index in [4.69, 9.17) is 4.74 Å². The van der Waals surface area contributed by atoms with Crippen molar-refractivity contribution in [2.45, 2.75) is 13.5 Å². The highest BCUT2D eigenvalue weighted by Crippen LogP contribution is 2.19. The minimum atomic E-state index is -0.376. The molecule has 2 aliphatic rings. The standard InChI is InChI=1S/C9H9NO2/c1-6-4-7-2-3-8(6)10-9(11)12-5-7/h2-4H,5H2,1H3,(H,10,11). The Balaban J connectivity index is 2.50. The van der Waals surface area contributed by atoms with Gasteiger partial charge in [-0.1, -0.05) is 12.1 Å². The maximum absolute atomic E-state index is 10.9. The molecule has 0 fully saturated rings. The van der Waals surface area contributed by atoms with Gasteiger partial charge in [-0.25, -0.2) is 4.79 Å². The number of amides is 1. The number of benzene rings is 1. The molecule has 0 aliphatic carbocycles. The van der Waals surface area contributed by atoms with Gasteiger partial charge < -0.3 is 4.74 Å². The van der Waals surface area contributed by atoms with Crippen molar-refractivity contribution in [2.24, 2.45) is 0 Å². The van der Waals surface area contributed by atoms with E-state index in [2.05, 4.69) is 5.32 Å². The summed E-state index contributed by atoms with van der Waals surface area (Å²) >= 11 is 0. The molecule has 1 aromatic carbocycles. The second-order valence-electron chi connectivity index (χ2n) is 2.85. The van der Waals surface area contributed by atoms with Gasteiger partial charge in [0.1, 0.15) is 6.61 Å². The van der Waals surface area contributed by atoms with E-state index >= 15 is 0 Å². The molecule has 1 aromatic rings. The number of anilines is 1. The second-order valence-corrected chi connectivity index (χ2v) is 2.85. The van der Waals surface area contributed by atoms with E-state index in [0.29, 0.717) is 6.61 Å². The minimum Gasteiger partial charge on any atom is -0.444 e. The van der Waals surface area contributed by atoms with Crippen LogP contribution in [0.3, 0.4) is 0 Å². The molecule has 1 N–H and O–H groups in total. The Morgan fingerprint density at radius 1 is 1.50 bits per heavy atom. The number of carbonyl (C=O) groups is 1. The summed E-state index contributed by atoms with van der Waals surface area (Å²) in [4.78, 5) is 10.9. The Kier molecular flexibility index (Phi) is 1.50. The Labute approximate surface area is 70.3 Å². The van der Waals surface area contributed by atoms with Gasteiger partial charge in [-0.2, -0.15) is 0 Å². The number of rotatable bonds is 0. The van der Waals surface area contributed by atoms with Crippen LogP contribution in [0.15, 0.2) is 18.2 Å². The van der Waals surface area contributed by atoms with Crippen molar-refractivity contribution in [1.29, 1.82) is 0 Å². The van der Waals surface area contributed by atoms with Gasteiger partial charge in [0, 0.05) is 5.69 Å². The molecule has 0 unspecified atom stereocenters. The van der Waals surface area contributed by atoms with Gasteiger partial charge in [-0.15, -0.1) is 0 Å². The van der Waals surface area contributed by atoms with E-state index in [-0.39, 0.29) is 6.09 Å². The number of carbonyl (C=O) groups excluding carboxylic acids is 1. The van der Waals surface area contributed by atoms with Gasteiger partial charge in [-0.05, 0) is 24.1 Å². The minimum absolute atomic E-state index is 0.354. The van der Waals surface area contributed by atoms with Crippen molar-refractivity contribution in [1.82, 2.24) is 0 Å². The van der Waals surface area contributed by atoms with Crippen LogP contribution in [0.1, 0.15) is 11.1 Å². The maximum Gasteiger partial charge on any atom is 0.411 e. The van der Waals surface area contributed by atoms with Crippen LogP contribution in [0.4, 0.5) is 10.5 Å². The van der Waals surface area contributed by atoms with Crippen LogP contribution >= 0.6 is 0 Å². The van der Waals surface area contributed by atoms with Gasteiger partial charge >= 0.3 is 6.09 Å². The van der Waals surface area contributed by atoms with Gasteiger partial charge in [-0.3, -0.25) is 5.32 Å². The van der Waals surface area contributed by atoms with Gasteiger partial charge in [0.2, 0.25) is 0 Å². The van der Waals surface area contributed by atoms with Crippen LogP contribution in [0.5, 0.6) is 0 Å². The first-order chi connectivity index (χ1) is 5.75. The normalized spacial score (nSPS) is 14.6. The van der Waals surface area contributed by atoms with E-state index in [1.54, 1.807) is 0 Å². The SMILES string of the molecule is Cc1cc2ccc1NC(=O)OC2. The smallest absolute Gasteiger partial charge is 0.411 e. The molecule has 0 spiro atoms. The largest absolute Gasteiger partial charge is 0.444 e. The number of ether oxygens (including phenoxy) is 1. The summed E-state index contributed by atoms with van der Waals surface area (Å²) in [5.74, 6) is 0. The van der Waals surface area contributed by atoms with Crippen molar-refractivity contribution in [3.05, 3.63) is 29.3 Å². The van der Waals surface area contributed by atoms with Crippen molar-refractivity contribution in [3.8, 4) is 0 Å². The molecule has 0 atom stereocenters. The Bertz CT molecular complexity index is 333. The number of aryl methyl sites for hydroxylation is 1. The molecule has 3 heteroatoms. The molecular weight excluding hydrogens is 154 g/mol. The van der Waals surface area contributed by atoms with E-state index in [0.717, 1.165) is 16.8 Å². The number of hydrogen-bond donors (Lipinski definition) is 1. The van der Waals surface area contributed by atoms with Crippen LogP contribution in [0.25, 0.3) is 0 Å². The Morgan fingerprint density at radius 3 is 3.08 bits per heavy atom. The number of nitrogens with one attached hydrogen (secondary N) is 1. The van der Waals surface area contributed by atoms with Crippen LogP contribution in [0.2, 0.25) is 0 Å². The molecule has 3 rings (SSSR count). The Hall–Kier alpha value is -1.51. The predicted molar refractivity (Wildman–Crippen MR) is 45.0 cm³/mol. The predicted octanol–water partition coefficient (Wildman–Crippen LogP) is 2.06. The lowest BCUT2D eigenvalue weighted by molar-refractivity contribution is 0.154. The zero-order valence-corrected chi connectivity index (χ0v) is 6.76. The highest BCUT2D eigenvalue weighted by atomic mass is 16.5. The van der Waals surface area contributed by atoms with Crippen LogP contribution in [-0.2, 0) is 11.3 Å². The zero-order chi connectivity index (χ0) is 8.55. The summed E-state index contributed by atoms with van der Waals surface area (Å²) in [6, 6.07) is 5.85. The molecule has 2 heterocycles. The highest BCUT2D eigenvalue weighted by molar-refractivity contribution is 5.86. The quantitative estimate of drug-likeness (QED) is 0.635. The van der Waals surface area contributed by atoms with E-state index in [1.807, 2.05) is 25.1 Å². The summed E-state index contributed by atoms with van der Waals surface area (Å²) in [7, 11) is 0. The lowest BCUT2D eigenvalue weighted by Gasteiger charge is -2.14. The molecule has 2 bridgehead atoms. The Morgan fingerprint density at radius 2 is 2.33 bits per heavy atom. The third-order valence-corrected chi connectivity index (χ3v) is 1.90. The summed E-state index contributed by atoms with van der Waals surface area (Å²) in [5.41, 5.74) is 2.93. The lowest BCUT2D eigenvalue weighted by atomic mass is 10.1. The molecular formula is C9H9NO2. The van der Waals surface area contributed by atoms with Crippen molar-refractivity contribution >= 4 is 11.8 Å². The van der Waals surface area contributed by atoms with Gasteiger partial charge in [0.25, 0.3) is 0 Å². The fourth-order valence-corrected chi connectivity index (χ4v) is 1.25. The van der Waals surface area contributed by atoms with Gasteiger partial charge in [0.15, 0.2) is 0 Å². The average molecular weight is 163 g/mol. The second kappa shape index (κ2) is 2.52. The van der Waals surface area contributed by atoms with E-state index in [9.17, 15) is 4.79 Å². The van der Waals surface area contributed by atoms with Crippen LogP contribution in [0, 0.1) is 6.92 Å². The molecule has 0 aromatic heterocycles. The third kappa shape index (κ3) is 1.13. The summed E-state index contributed by atoms with van der Waals surface area (Å²) < 4.78 is 4.86. The highest BCUT2D eigenvalue weighted by Gasteiger charge is 2.10. The van der Waals surface area contributed by atoms with E-state index in [1.165, 1.54) is 0 Å². The molecule has 0 radical (unpaired) electrons. The molecule has 1 amide bonds. The van der Waals surface area contributed by atoms with Gasteiger partial charge in [0.05, 0.1) is 0 Å². The molecule has 0 saturated carbocycles. The molecule has 62 valence electrons.